The molecule has 0 bridgehead atoms. The summed E-state index contributed by atoms with van der Waals surface area (Å²) in [4.78, 5) is 24.8. The Morgan fingerprint density at radius 3 is 2.42 bits per heavy atom. The first-order valence-electron chi connectivity index (χ1n) is 11.6. The van der Waals surface area contributed by atoms with Gasteiger partial charge in [0.05, 0.1) is 25.2 Å². The van der Waals surface area contributed by atoms with Crippen molar-refractivity contribution in [2.24, 2.45) is 0 Å². The monoisotopic (exact) mass is 490 g/mol. The van der Waals surface area contributed by atoms with E-state index < -0.39 is 30.0 Å². The topological polar surface area (TPSA) is 96.9 Å². The normalized spacial score (nSPS) is 18.9. The highest BCUT2D eigenvalue weighted by atomic mass is 19.1. The predicted octanol–water partition coefficient (Wildman–Crippen LogP) is 3.74. The fraction of sp³-hybridized carbons (Fsp3) is 0.214. The quantitative estimate of drug-likeness (QED) is 0.397. The zero-order chi connectivity index (χ0) is 25.3. The number of aliphatic hydroxyl groups is 1. The average Bonchev–Trinajstić information content (AvgIpc) is 2.89. The van der Waals surface area contributed by atoms with Gasteiger partial charge in [0.25, 0.3) is 5.91 Å². The number of ether oxygens (including phenoxy) is 2. The number of hydrogen-bond acceptors (Lipinski definition) is 5. The zero-order valence-corrected chi connectivity index (χ0v) is 19.5. The lowest BCUT2D eigenvalue weighted by Gasteiger charge is -2.31. The molecular weight excluding hydrogens is 463 g/mol. The molecule has 7 nitrogen and oxygen atoms in total. The van der Waals surface area contributed by atoms with Gasteiger partial charge in [0.1, 0.15) is 23.4 Å². The maximum Gasteiger partial charge on any atom is 0.251 e. The molecule has 0 aromatic heterocycles. The molecule has 2 amide bonds. The molecule has 0 unspecified atom stereocenters. The smallest absolute Gasteiger partial charge is 0.251 e. The van der Waals surface area contributed by atoms with Crippen LogP contribution < -0.4 is 15.4 Å². The highest BCUT2D eigenvalue weighted by Gasteiger charge is 2.29. The van der Waals surface area contributed by atoms with E-state index in [0.29, 0.717) is 12.3 Å². The summed E-state index contributed by atoms with van der Waals surface area (Å²) < 4.78 is 25.0. The van der Waals surface area contributed by atoms with Crippen LogP contribution in [0.5, 0.6) is 11.5 Å². The Hall–Kier alpha value is -4.01. The van der Waals surface area contributed by atoms with Gasteiger partial charge >= 0.3 is 0 Å². The number of hydrogen-bond donors (Lipinski definition) is 3. The number of rotatable bonds is 9. The van der Waals surface area contributed by atoms with Gasteiger partial charge < -0.3 is 25.2 Å². The molecule has 186 valence electrons. The van der Waals surface area contributed by atoms with Gasteiger partial charge in [-0.15, -0.1) is 0 Å². The van der Waals surface area contributed by atoms with E-state index in [1.807, 2.05) is 54.6 Å². The molecule has 4 rings (SSSR count). The summed E-state index contributed by atoms with van der Waals surface area (Å²) in [5.74, 6) is 0.234. The second-order valence-corrected chi connectivity index (χ2v) is 8.33. The Morgan fingerprint density at radius 1 is 0.944 bits per heavy atom. The largest absolute Gasteiger partial charge is 0.457 e. The molecule has 0 fully saturated rings. The minimum absolute atomic E-state index is 0.0623. The standard InChI is InChI=1S/C28H27FN2O5/c29-21-6-4-5-20(15-21)28(34)31-25-14-13-24(36-26(25)18-32)16-27(33)30-17-19-9-11-23(12-10-19)35-22-7-2-1-3-8-22/h1-15,24-26,32H,16-18H2,(H,30,33)(H,31,34)/t24-,25-,26-/m1/s1. The molecule has 0 radical (unpaired) electrons. The highest BCUT2D eigenvalue weighted by Crippen LogP contribution is 2.21. The molecule has 0 spiro atoms. The molecule has 3 aromatic carbocycles. The molecule has 0 saturated carbocycles. The van der Waals surface area contributed by atoms with E-state index >= 15 is 0 Å². The van der Waals surface area contributed by atoms with Crippen molar-refractivity contribution in [2.75, 3.05) is 6.61 Å². The van der Waals surface area contributed by atoms with Crippen molar-refractivity contribution in [3.05, 3.63) is 108 Å². The number of nitrogens with one attached hydrogen (secondary N) is 2. The lowest BCUT2D eigenvalue weighted by Crippen LogP contribution is -2.49. The van der Waals surface area contributed by atoms with E-state index in [1.165, 1.54) is 18.2 Å². The molecule has 8 heteroatoms. The third-order valence-electron chi connectivity index (χ3n) is 5.63. The number of aliphatic hydroxyl groups excluding tert-OH is 1. The van der Waals surface area contributed by atoms with Gasteiger partial charge in [-0.05, 0) is 48.0 Å². The van der Waals surface area contributed by atoms with E-state index in [1.54, 1.807) is 12.2 Å². The Balaban J connectivity index is 1.25. The zero-order valence-electron chi connectivity index (χ0n) is 19.5. The summed E-state index contributed by atoms with van der Waals surface area (Å²) in [5.41, 5.74) is 1.08. The van der Waals surface area contributed by atoms with E-state index in [-0.39, 0.29) is 24.5 Å². The van der Waals surface area contributed by atoms with Crippen molar-refractivity contribution in [1.29, 1.82) is 0 Å². The van der Waals surface area contributed by atoms with Gasteiger partial charge in [-0.3, -0.25) is 9.59 Å². The molecule has 3 N–H and O–H groups in total. The van der Waals surface area contributed by atoms with Crippen molar-refractivity contribution < 1.29 is 28.6 Å². The second-order valence-electron chi connectivity index (χ2n) is 8.33. The van der Waals surface area contributed by atoms with Gasteiger partial charge in [-0.2, -0.15) is 0 Å². The van der Waals surface area contributed by atoms with Gasteiger partial charge in [0.2, 0.25) is 5.91 Å². The Labute approximate surface area is 208 Å². The maximum atomic E-state index is 13.4. The predicted molar refractivity (Wildman–Crippen MR) is 132 cm³/mol. The lowest BCUT2D eigenvalue weighted by atomic mass is 10.0. The molecule has 1 heterocycles. The van der Waals surface area contributed by atoms with Crippen molar-refractivity contribution in [3.63, 3.8) is 0 Å². The molecule has 1 aliphatic rings. The minimum Gasteiger partial charge on any atom is -0.457 e. The first-order chi connectivity index (χ1) is 17.5. The number of benzene rings is 3. The van der Waals surface area contributed by atoms with E-state index in [0.717, 1.165) is 17.4 Å². The van der Waals surface area contributed by atoms with Gasteiger partial charge in [0.15, 0.2) is 0 Å². The van der Waals surface area contributed by atoms with Crippen molar-refractivity contribution in [3.8, 4) is 11.5 Å². The fourth-order valence-corrected chi connectivity index (χ4v) is 3.76. The number of carbonyl (C=O) groups is 2. The summed E-state index contributed by atoms with van der Waals surface area (Å²) in [6.45, 7) is -0.00934. The molecule has 0 aliphatic carbocycles. The summed E-state index contributed by atoms with van der Waals surface area (Å²) in [6, 6.07) is 21.6. The van der Waals surface area contributed by atoms with Crippen LogP contribution in [-0.2, 0) is 16.1 Å². The second kappa shape index (κ2) is 12.1. The molecule has 3 atom stereocenters. The van der Waals surface area contributed by atoms with E-state index in [2.05, 4.69) is 10.6 Å². The van der Waals surface area contributed by atoms with Crippen molar-refractivity contribution in [1.82, 2.24) is 10.6 Å². The van der Waals surface area contributed by atoms with Crippen LogP contribution >= 0.6 is 0 Å². The van der Waals surface area contributed by atoms with Crippen LogP contribution in [0.1, 0.15) is 22.3 Å². The van der Waals surface area contributed by atoms with Gasteiger partial charge in [0, 0.05) is 12.1 Å². The summed E-state index contributed by atoms with van der Waals surface area (Å²) in [5, 5.41) is 15.3. The summed E-state index contributed by atoms with van der Waals surface area (Å²) >= 11 is 0. The summed E-state index contributed by atoms with van der Waals surface area (Å²) in [6.07, 6.45) is 2.14. The highest BCUT2D eigenvalue weighted by molar-refractivity contribution is 5.94. The molecule has 1 aliphatic heterocycles. The van der Waals surface area contributed by atoms with Crippen LogP contribution in [-0.4, -0.2) is 41.8 Å². The number of amides is 2. The molecule has 36 heavy (non-hydrogen) atoms. The number of carbonyl (C=O) groups excluding carboxylic acids is 2. The minimum atomic E-state index is -0.734. The SMILES string of the molecule is O=C(C[C@H]1C=C[C@@H](NC(=O)c2cccc(F)c2)[C@@H](CO)O1)NCc1ccc(Oc2ccccc2)cc1. The van der Waals surface area contributed by atoms with Crippen LogP contribution in [0.15, 0.2) is 91.0 Å². The van der Waals surface area contributed by atoms with E-state index in [4.69, 9.17) is 9.47 Å². The van der Waals surface area contributed by atoms with Crippen LogP contribution in [0.3, 0.4) is 0 Å². The van der Waals surface area contributed by atoms with Crippen LogP contribution in [0.25, 0.3) is 0 Å². The molecule has 0 saturated heterocycles. The number of halogens is 1. The van der Waals surface area contributed by atoms with Crippen LogP contribution in [0.4, 0.5) is 4.39 Å². The van der Waals surface area contributed by atoms with E-state index in [9.17, 15) is 19.1 Å². The van der Waals surface area contributed by atoms with Crippen LogP contribution in [0.2, 0.25) is 0 Å². The lowest BCUT2D eigenvalue weighted by molar-refractivity contribution is -0.125. The van der Waals surface area contributed by atoms with Gasteiger partial charge in [-0.25, -0.2) is 4.39 Å². The third kappa shape index (κ3) is 7.00. The molecule has 3 aromatic rings. The Bertz CT molecular complexity index is 1200. The maximum absolute atomic E-state index is 13.4. The Morgan fingerprint density at radius 2 is 1.69 bits per heavy atom. The van der Waals surface area contributed by atoms with Crippen LogP contribution in [0, 0.1) is 5.82 Å². The third-order valence-corrected chi connectivity index (χ3v) is 5.63. The first kappa shape index (κ1) is 25.1. The number of para-hydroxylation sites is 1. The Kier molecular flexibility index (Phi) is 8.44. The molecular formula is C28H27FN2O5. The van der Waals surface area contributed by atoms with Crippen molar-refractivity contribution >= 4 is 11.8 Å². The first-order valence-corrected chi connectivity index (χ1v) is 11.6. The van der Waals surface area contributed by atoms with Crippen molar-refractivity contribution in [2.45, 2.75) is 31.2 Å². The fourth-order valence-electron chi connectivity index (χ4n) is 3.76. The average molecular weight is 491 g/mol. The van der Waals surface area contributed by atoms with Gasteiger partial charge in [-0.1, -0.05) is 48.6 Å². The summed E-state index contributed by atoms with van der Waals surface area (Å²) in [7, 11) is 0.